The summed E-state index contributed by atoms with van der Waals surface area (Å²) in [6.45, 7) is 2.28. The molecule has 204 valence electrons. The van der Waals surface area contributed by atoms with Gasteiger partial charge in [0.15, 0.2) is 0 Å². The molecule has 2 aliphatic rings. The maximum atomic E-state index is 5.24. The standard InChI is InChI=1S/C40H39N/c1-30-26-38(33-19-10-5-11-20-33)29-37-24-25-39(41-40(30)37)36-23-13-22-35(28-36)34-21-12-18-32(27-34)17-7-3-2-6-14-31-15-8-4-9-16-31/h4-5,8-13,15-16,18-30,40H,2-3,6-7,14,17H2,1H3. The molecule has 1 heteroatoms. The highest BCUT2D eigenvalue weighted by atomic mass is 14.8. The molecule has 1 aliphatic carbocycles. The molecular formula is C40H39N. The van der Waals surface area contributed by atoms with Gasteiger partial charge in [0.2, 0.25) is 0 Å². The summed E-state index contributed by atoms with van der Waals surface area (Å²) in [6.07, 6.45) is 16.6. The van der Waals surface area contributed by atoms with Crippen LogP contribution < -0.4 is 0 Å². The molecule has 0 saturated heterocycles. The zero-order valence-corrected chi connectivity index (χ0v) is 24.0. The monoisotopic (exact) mass is 533 g/mol. The molecule has 1 aliphatic heterocycles. The van der Waals surface area contributed by atoms with Crippen molar-refractivity contribution >= 4 is 11.3 Å². The maximum absolute atomic E-state index is 5.24. The van der Waals surface area contributed by atoms with E-state index in [4.69, 9.17) is 4.99 Å². The highest BCUT2D eigenvalue weighted by molar-refractivity contribution is 6.10. The Kier molecular flexibility index (Phi) is 8.52. The van der Waals surface area contributed by atoms with Gasteiger partial charge in [-0.2, -0.15) is 0 Å². The van der Waals surface area contributed by atoms with Gasteiger partial charge in [-0.25, -0.2) is 0 Å². The van der Waals surface area contributed by atoms with E-state index in [-0.39, 0.29) is 6.04 Å². The van der Waals surface area contributed by atoms with E-state index in [1.165, 1.54) is 76.6 Å². The number of unbranched alkanes of at least 4 members (excludes halogenated alkanes) is 3. The number of hydrogen-bond acceptors (Lipinski definition) is 1. The molecule has 6 rings (SSSR count). The van der Waals surface area contributed by atoms with E-state index in [1.807, 2.05) is 0 Å². The molecule has 0 fully saturated rings. The van der Waals surface area contributed by atoms with Gasteiger partial charge < -0.3 is 0 Å². The van der Waals surface area contributed by atoms with Crippen molar-refractivity contribution < 1.29 is 0 Å². The van der Waals surface area contributed by atoms with Crippen LogP contribution in [0.15, 0.2) is 144 Å². The minimum atomic E-state index is 0.169. The lowest BCUT2D eigenvalue weighted by Gasteiger charge is -2.28. The predicted molar refractivity (Wildman–Crippen MR) is 175 cm³/mol. The molecule has 2 atom stereocenters. The summed E-state index contributed by atoms with van der Waals surface area (Å²) in [5.74, 6) is 0.350. The number of allylic oxidation sites excluding steroid dienone is 3. The van der Waals surface area contributed by atoms with Gasteiger partial charge in [0.25, 0.3) is 0 Å². The van der Waals surface area contributed by atoms with Gasteiger partial charge >= 0.3 is 0 Å². The van der Waals surface area contributed by atoms with Crippen LogP contribution in [-0.2, 0) is 12.8 Å². The second kappa shape index (κ2) is 13.0. The van der Waals surface area contributed by atoms with Gasteiger partial charge in [0.05, 0.1) is 11.8 Å². The molecule has 1 nitrogen and oxygen atoms in total. The summed E-state index contributed by atoms with van der Waals surface area (Å²) in [5, 5.41) is 0. The fraction of sp³-hybridized carbons (Fsp3) is 0.225. The molecule has 41 heavy (non-hydrogen) atoms. The summed E-state index contributed by atoms with van der Waals surface area (Å²) in [7, 11) is 0. The van der Waals surface area contributed by atoms with Gasteiger partial charge in [-0.05, 0) is 82.9 Å². The van der Waals surface area contributed by atoms with Crippen molar-refractivity contribution in [2.75, 3.05) is 0 Å². The molecule has 4 aromatic rings. The topological polar surface area (TPSA) is 12.4 Å². The summed E-state index contributed by atoms with van der Waals surface area (Å²) < 4.78 is 0. The number of aryl methyl sites for hydroxylation is 2. The first-order valence-corrected chi connectivity index (χ1v) is 15.2. The average Bonchev–Trinajstić information content (AvgIpc) is 3.03. The van der Waals surface area contributed by atoms with E-state index in [0.717, 1.165) is 12.1 Å². The third kappa shape index (κ3) is 6.74. The normalized spacial score (nSPS) is 17.8. The summed E-state index contributed by atoms with van der Waals surface area (Å²) in [5.41, 5.74) is 11.5. The smallest absolute Gasteiger partial charge is 0.0816 e. The average molecular weight is 534 g/mol. The molecule has 4 aromatic carbocycles. The molecular weight excluding hydrogens is 494 g/mol. The zero-order valence-electron chi connectivity index (χ0n) is 24.0. The second-order valence-electron chi connectivity index (χ2n) is 11.5. The van der Waals surface area contributed by atoms with Crippen molar-refractivity contribution in [1.82, 2.24) is 0 Å². The Morgan fingerprint density at radius 1 is 0.561 bits per heavy atom. The van der Waals surface area contributed by atoms with Gasteiger partial charge in [-0.1, -0.05) is 135 Å². The lowest BCUT2D eigenvalue weighted by molar-refractivity contribution is 0.609. The zero-order chi connectivity index (χ0) is 27.9. The molecule has 0 N–H and O–H groups in total. The van der Waals surface area contributed by atoms with Crippen LogP contribution in [-0.4, -0.2) is 11.8 Å². The summed E-state index contributed by atoms with van der Waals surface area (Å²) >= 11 is 0. The van der Waals surface area contributed by atoms with E-state index < -0.39 is 0 Å². The number of rotatable bonds is 10. The largest absolute Gasteiger partial charge is 0.276 e. The number of aliphatic imine (C=N–C) groups is 1. The van der Waals surface area contributed by atoms with Crippen molar-refractivity contribution in [2.45, 2.75) is 51.5 Å². The Balaban J connectivity index is 1.09. The number of nitrogens with zero attached hydrogens (tertiary/aromatic N) is 1. The first-order valence-electron chi connectivity index (χ1n) is 15.2. The van der Waals surface area contributed by atoms with Gasteiger partial charge in [-0.3, -0.25) is 4.99 Å². The van der Waals surface area contributed by atoms with Crippen molar-refractivity contribution in [1.29, 1.82) is 0 Å². The summed E-state index contributed by atoms with van der Waals surface area (Å²) in [4.78, 5) is 5.24. The highest BCUT2D eigenvalue weighted by Crippen LogP contribution is 2.34. The summed E-state index contributed by atoms with van der Waals surface area (Å²) in [6, 6.07) is 39.7. The fourth-order valence-corrected chi connectivity index (χ4v) is 6.10. The van der Waals surface area contributed by atoms with Crippen LogP contribution >= 0.6 is 0 Å². The third-order valence-electron chi connectivity index (χ3n) is 8.37. The highest BCUT2D eigenvalue weighted by Gasteiger charge is 2.26. The first-order chi connectivity index (χ1) is 20.2. The van der Waals surface area contributed by atoms with Crippen molar-refractivity contribution in [3.05, 3.63) is 161 Å². The molecule has 2 unspecified atom stereocenters. The van der Waals surface area contributed by atoms with Crippen LogP contribution in [0.5, 0.6) is 0 Å². The lowest BCUT2D eigenvalue weighted by Crippen LogP contribution is -2.24. The van der Waals surface area contributed by atoms with Gasteiger partial charge in [-0.15, -0.1) is 0 Å². The third-order valence-corrected chi connectivity index (χ3v) is 8.37. The second-order valence-corrected chi connectivity index (χ2v) is 11.5. The Morgan fingerprint density at radius 2 is 1.17 bits per heavy atom. The van der Waals surface area contributed by atoms with Crippen LogP contribution in [0.1, 0.15) is 54.9 Å². The Hall–Kier alpha value is -4.23. The van der Waals surface area contributed by atoms with E-state index in [9.17, 15) is 0 Å². The SMILES string of the molecule is CC1C=C(c2ccccc2)C=C2C=CC(c3cccc(-c4cccc(CCCCCCc5ccccc5)c4)c3)=NC21. The van der Waals surface area contributed by atoms with E-state index in [0.29, 0.717) is 5.92 Å². The number of benzene rings is 4. The molecule has 0 aromatic heterocycles. The predicted octanol–water partition coefficient (Wildman–Crippen LogP) is 10.1. The van der Waals surface area contributed by atoms with Crippen LogP contribution in [0.2, 0.25) is 0 Å². The van der Waals surface area contributed by atoms with Crippen molar-refractivity contribution in [3.8, 4) is 11.1 Å². The first kappa shape index (κ1) is 27.0. The minimum Gasteiger partial charge on any atom is -0.276 e. The Morgan fingerprint density at radius 3 is 1.95 bits per heavy atom. The fourth-order valence-electron chi connectivity index (χ4n) is 6.10. The van der Waals surface area contributed by atoms with E-state index in [1.54, 1.807) is 0 Å². The van der Waals surface area contributed by atoms with E-state index in [2.05, 4.69) is 140 Å². The molecule has 0 saturated carbocycles. The van der Waals surface area contributed by atoms with Crippen LogP contribution in [0.3, 0.4) is 0 Å². The molecule has 0 bridgehead atoms. The number of hydrogen-bond donors (Lipinski definition) is 0. The molecule has 1 heterocycles. The molecule has 0 spiro atoms. The lowest BCUT2D eigenvalue weighted by atomic mass is 9.83. The maximum Gasteiger partial charge on any atom is 0.0816 e. The van der Waals surface area contributed by atoms with Crippen LogP contribution in [0, 0.1) is 5.92 Å². The van der Waals surface area contributed by atoms with Gasteiger partial charge in [0, 0.05) is 11.5 Å². The number of fused-ring (bicyclic) bond motifs is 1. The minimum absolute atomic E-state index is 0.169. The molecule has 0 radical (unpaired) electrons. The Bertz CT molecular complexity index is 1590. The van der Waals surface area contributed by atoms with Crippen molar-refractivity contribution in [3.63, 3.8) is 0 Å². The number of dihydropyridines is 1. The van der Waals surface area contributed by atoms with E-state index >= 15 is 0 Å². The van der Waals surface area contributed by atoms with Crippen LogP contribution in [0.4, 0.5) is 0 Å². The Labute approximate surface area is 245 Å². The molecule has 0 amide bonds. The quantitative estimate of drug-likeness (QED) is 0.180. The van der Waals surface area contributed by atoms with Crippen molar-refractivity contribution in [2.24, 2.45) is 10.9 Å². The van der Waals surface area contributed by atoms with Gasteiger partial charge in [0.1, 0.15) is 0 Å². The van der Waals surface area contributed by atoms with Crippen LogP contribution in [0.25, 0.3) is 16.7 Å².